The molecule has 0 unspecified atom stereocenters. The van der Waals surface area contributed by atoms with Crippen molar-refractivity contribution < 1.29 is 23.8 Å². The molecule has 31 heavy (non-hydrogen) atoms. The summed E-state index contributed by atoms with van der Waals surface area (Å²) in [7, 11) is 3.17. The van der Waals surface area contributed by atoms with Crippen molar-refractivity contribution in [3.05, 3.63) is 54.1 Å². The molecule has 0 heterocycles. The smallest absolute Gasteiger partial charge is 0.261 e. The van der Waals surface area contributed by atoms with E-state index in [0.717, 1.165) is 5.56 Å². The van der Waals surface area contributed by atoms with Gasteiger partial charge in [0.15, 0.2) is 6.61 Å². The quantitative estimate of drug-likeness (QED) is 0.594. The monoisotopic (exact) mass is 428 g/mol. The number of ether oxygens (including phenoxy) is 3. The number of carbonyl (C=O) groups is 2. The third kappa shape index (κ3) is 7.51. The Labute approximate surface area is 184 Å². The molecule has 1 N–H and O–H groups in total. The molecule has 168 valence electrons. The molecule has 0 radical (unpaired) electrons. The van der Waals surface area contributed by atoms with Gasteiger partial charge in [0.25, 0.3) is 5.91 Å². The minimum absolute atomic E-state index is 0.182. The summed E-state index contributed by atoms with van der Waals surface area (Å²) in [4.78, 5) is 27.2. The van der Waals surface area contributed by atoms with Crippen molar-refractivity contribution in [2.24, 2.45) is 5.92 Å². The second kappa shape index (κ2) is 11.8. The molecule has 2 aromatic rings. The first-order chi connectivity index (χ1) is 14.8. The Balaban J connectivity index is 2.13. The van der Waals surface area contributed by atoms with Gasteiger partial charge in [0.05, 0.1) is 14.2 Å². The van der Waals surface area contributed by atoms with Crippen LogP contribution in [0.2, 0.25) is 0 Å². The van der Waals surface area contributed by atoms with Crippen LogP contribution in [0.25, 0.3) is 0 Å². The Morgan fingerprint density at radius 1 is 0.935 bits per heavy atom. The summed E-state index contributed by atoms with van der Waals surface area (Å²) >= 11 is 0. The molecular weight excluding hydrogens is 396 g/mol. The number of carbonyl (C=O) groups excluding carboxylic acids is 2. The molecule has 2 rings (SSSR count). The van der Waals surface area contributed by atoms with Gasteiger partial charge in [-0.1, -0.05) is 26.0 Å². The minimum atomic E-state index is -0.656. The van der Waals surface area contributed by atoms with Crippen molar-refractivity contribution in [1.82, 2.24) is 10.2 Å². The van der Waals surface area contributed by atoms with E-state index in [1.54, 1.807) is 45.4 Å². The van der Waals surface area contributed by atoms with Crippen LogP contribution < -0.4 is 19.5 Å². The Hall–Kier alpha value is -3.22. The Morgan fingerprint density at radius 3 is 2.19 bits per heavy atom. The Morgan fingerprint density at radius 2 is 1.58 bits per heavy atom. The second-order valence-electron chi connectivity index (χ2n) is 7.65. The number of hydrogen-bond donors (Lipinski definition) is 1. The fourth-order valence-corrected chi connectivity index (χ4v) is 2.90. The minimum Gasteiger partial charge on any atom is -0.497 e. The standard InChI is InChI=1S/C24H32N2O5/c1-17(2)14-25-24(28)18(3)26(15-19-7-6-8-22(13-19)30-5)23(27)16-31-21-11-9-20(29-4)10-12-21/h6-13,17-18H,14-16H2,1-5H3,(H,25,28)/t18-/m1/s1. The van der Waals surface area contributed by atoms with Crippen LogP contribution >= 0.6 is 0 Å². The van der Waals surface area contributed by atoms with Gasteiger partial charge in [0.1, 0.15) is 23.3 Å². The fraction of sp³-hybridized carbons (Fsp3) is 0.417. The molecule has 0 saturated carbocycles. The van der Waals surface area contributed by atoms with E-state index in [0.29, 0.717) is 29.7 Å². The molecule has 2 amide bonds. The van der Waals surface area contributed by atoms with Crippen molar-refractivity contribution in [3.63, 3.8) is 0 Å². The number of nitrogens with zero attached hydrogens (tertiary/aromatic N) is 1. The van der Waals surface area contributed by atoms with Gasteiger partial charge in [-0.15, -0.1) is 0 Å². The van der Waals surface area contributed by atoms with Gasteiger partial charge < -0.3 is 24.4 Å². The van der Waals surface area contributed by atoms with Crippen LogP contribution in [0, 0.1) is 5.92 Å². The summed E-state index contributed by atoms with van der Waals surface area (Å²) in [5, 5.41) is 2.90. The summed E-state index contributed by atoms with van der Waals surface area (Å²) in [5.41, 5.74) is 0.862. The Bertz CT molecular complexity index is 851. The van der Waals surface area contributed by atoms with Gasteiger partial charge in [-0.05, 0) is 54.8 Å². The third-order valence-electron chi connectivity index (χ3n) is 4.76. The highest BCUT2D eigenvalue weighted by Crippen LogP contribution is 2.19. The summed E-state index contributed by atoms with van der Waals surface area (Å²) in [6, 6.07) is 13.8. The molecular formula is C24H32N2O5. The molecule has 7 nitrogen and oxygen atoms in total. The lowest BCUT2D eigenvalue weighted by Crippen LogP contribution is -2.49. The van der Waals surface area contributed by atoms with Crippen LogP contribution in [-0.4, -0.2) is 50.1 Å². The number of rotatable bonds is 11. The lowest BCUT2D eigenvalue weighted by atomic mass is 10.1. The maximum atomic E-state index is 13.0. The first kappa shape index (κ1) is 24.1. The SMILES string of the molecule is COc1ccc(OCC(=O)N(Cc2cccc(OC)c2)[C@H](C)C(=O)NCC(C)C)cc1. The molecule has 0 spiro atoms. The molecule has 7 heteroatoms. The highest BCUT2D eigenvalue weighted by Gasteiger charge is 2.26. The lowest BCUT2D eigenvalue weighted by molar-refractivity contribution is -0.142. The third-order valence-corrected chi connectivity index (χ3v) is 4.76. The summed E-state index contributed by atoms with van der Waals surface area (Å²) in [6.45, 7) is 6.39. The maximum Gasteiger partial charge on any atom is 0.261 e. The van der Waals surface area contributed by atoms with E-state index < -0.39 is 6.04 Å². The lowest BCUT2D eigenvalue weighted by Gasteiger charge is -2.29. The molecule has 0 aliphatic carbocycles. The van der Waals surface area contributed by atoms with E-state index in [1.165, 1.54) is 4.90 Å². The molecule has 0 saturated heterocycles. The number of amides is 2. The molecule has 0 aromatic heterocycles. The van der Waals surface area contributed by atoms with E-state index in [4.69, 9.17) is 14.2 Å². The number of nitrogens with one attached hydrogen (secondary N) is 1. The zero-order valence-electron chi connectivity index (χ0n) is 18.9. The van der Waals surface area contributed by atoms with Gasteiger partial charge in [-0.3, -0.25) is 9.59 Å². The van der Waals surface area contributed by atoms with E-state index in [1.807, 2.05) is 38.1 Å². The van der Waals surface area contributed by atoms with Crippen molar-refractivity contribution in [2.75, 3.05) is 27.4 Å². The Kier molecular flexibility index (Phi) is 9.18. The first-order valence-corrected chi connectivity index (χ1v) is 10.3. The largest absolute Gasteiger partial charge is 0.497 e. The number of hydrogen-bond acceptors (Lipinski definition) is 5. The van der Waals surface area contributed by atoms with Crippen molar-refractivity contribution in [1.29, 1.82) is 0 Å². The predicted molar refractivity (Wildman–Crippen MR) is 119 cm³/mol. The molecule has 0 aliphatic heterocycles. The van der Waals surface area contributed by atoms with Crippen LogP contribution in [0.5, 0.6) is 17.2 Å². The van der Waals surface area contributed by atoms with E-state index in [-0.39, 0.29) is 25.0 Å². The zero-order chi connectivity index (χ0) is 22.8. The van der Waals surface area contributed by atoms with Crippen molar-refractivity contribution >= 4 is 11.8 Å². The van der Waals surface area contributed by atoms with Crippen LogP contribution in [-0.2, 0) is 16.1 Å². The summed E-state index contributed by atoms with van der Waals surface area (Å²) in [5.74, 6) is 1.77. The van der Waals surface area contributed by atoms with Crippen LogP contribution in [0.15, 0.2) is 48.5 Å². The highest BCUT2D eigenvalue weighted by atomic mass is 16.5. The fourth-order valence-electron chi connectivity index (χ4n) is 2.90. The average molecular weight is 429 g/mol. The van der Waals surface area contributed by atoms with Gasteiger partial charge in [-0.2, -0.15) is 0 Å². The van der Waals surface area contributed by atoms with Crippen LogP contribution in [0.4, 0.5) is 0 Å². The van der Waals surface area contributed by atoms with E-state index in [2.05, 4.69) is 5.32 Å². The molecule has 1 atom stereocenters. The number of methoxy groups -OCH3 is 2. The summed E-state index contributed by atoms with van der Waals surface area (Å²) < 4.78 is 16.1. The van der Waals surface area contributed by atoms with Gasteiger partial charge in [0, 0.05) is 13.1 Å². The average Bonchev–Trinajstić information content (AvgIpc) is 2.79. The molecule has 0 fully saturated rings. The van der Waals surface area contributed by atoms with E-state index >= 15 is 0 Å². The second-order valence-corrected chi connectivity index (χ2v) is 7.65. The van der Waals surface area contributed by atoms with Gasteiger partial charge in [-0.25, -0.2) is 0 Å². The van der Waals surface area contributed by atoms with Crippen molar-refractivity contribution in [2.45, 2.75) is 33.4 Å². The van der Waals surface area contributed by atoms with Crippen LogP contribution in [0.1, 0.15) is 26.3 Å². The first-order valence-electron chi connectivity index (χ1n) is 10.3. The van der Waals surface area contributed by atoms with E-state index in [9.17, 15) is 9.59 Å². The summed E-state index contributed by atoms with van der Waals surface area (Å²) in [6.07, 6.45) is 0. The van der Waals surface area contributed by atoms with Gasteiger partial charge in [0.2, 0.25) is 5.91 Å². The molecule has 2 aromatic carbocycles. The predicted octanol–water partition coefficient (Wildman–Crippen LogP) is 3.27. The topological polar surface area (TPSA) is 77.1 Å². The van der Waals surface area contributed by atoms with Crippen molar-refractivity contribution in [3.8, 4) is 17.2 Å². The number of benzene rings is 2. The normalized spacial score (nSPS) is 11.5. The van der Waals surface area contributed by atoms with Gasteiger partial charge >= 0.3 is 0 Å². The maximum absolute atomic E-state index is 13.0. The molecule has 0 bridgehead atoms. The highest BCUT2D eigenvalue weighted by molar-refractivity contribution is 5.88. The zero-order valence-corrected chi connectivity index (χ0v) is 18.9. The molecule has 0 aliphatic rings. The van der Waals surface area contributed by atoms with Crippen LogP contribution in [0.3, 0.4) is 0 Å².